The molecule has 0 bridgehead atoms. The number of carbonyl (C=O) groups is 2. The number of nitrogens with zero attached hydrogens (tertiary/aromatic N) is 2. The van der Waals surface area contributed by atoms with Gasteiger partial charge in [0.2, 0.25) is 11.8 Å². The molecule has 2 aliphatic rings. The number of likely N-dealkylation sites (N-methyl/N-ethyl adjacent to an activating group) is 1. The van der Waals surface area contributed by atoms with Crippen molar-refractivity contribution in [3.63, 3.8) is 0 Å². The summed E-state index contributed by atoms with van der Waals surface area (Å²) in [5.41, 5.74) is 0.978. The highest BCUT2D eigenvalue weighted by atomic mass is 35.5. The Labute approximate surface area is 147 Å². The SMILES string of the molecule is CN1CCN(C(=O)CNC(=O)C(c2ccc(Cl)cc2)C2CC2)CC1. The second kappa shape index (κ2) is 7.53. The molecule has 1 aliphatic heterocycles. The van der Waals surface area contributed by atoms with Crippen LogP contribution in [0.5, 0.6) is 0 Å². The lowest BCUT2D eigenvalue weighted by atomic mass is 9.93. The maximum atomic E-state index is 12.6. The van der Waals surface area contributed by atoms with E-state index in [1.807, 2.05) is 29.2 Å². The van der Waals surface area contributed by atoms with Crippen LogP contribution < -0.4 is 5.32 Å². The largest absolute Gasteiger partial charge is 0.346 e. The quantitative estimate of drug-likeness (QED) is 0.880. The molecule has 1 N–H and O–H groups in total. The molecule has 0 aromatic heterocycles. The fourth-order valence-electron chi connectivity index (χ4n) is 3.18. The van der Waals surface area contributed by atoms with E-state index in [9.17, 15) is 9.59 Å². The molecule has 130 valence electrons. The smallest absolute Gasteiger partial charge is 0.242 e. The minimum absolute atomic E-state index is 0.00195. The second-order valence-corrected chi connectivity index (χ2v) is 7.20. The predicted octanol–water partition coefficient (Wildman–Crippen LogP) is 1.72. The normalized spacial score (nSPS) is 19.8. The van der Waals surface area contributed by atoms with Crippen molar-refractivity contribution in [1.29, 1.82) is 0 Å². The third kappa shape index (κ3) is 4.28. The van der Waals surface area contributed by atoms with E-state index < -0.39 is 0 Å². The van der Waals surface area contributed by atoms with E-state index in [2.05, 4.69) is 17.3 Å². The van der Waals surface area contributed by atoms with E-state index in [-0.39, 0.29) is 24.3 Å². The van der Waals surface area contributed by atoms with Crippen molar-refractivity contribution in [2.24, 2.45) is 5.92 Å². The van der Waals surface area contributed by atoms with Gasteiger partial charge in [0.1, 0.15) is 0 Å². The minimum atomic E-state index is -0.178. The highest BCUT2D eigenvalue weighted by molar-refractivity contribution is 6.30. The molecule has 1 unspecified atom stereocenters. The summed E-state index contributed by atoms with van der Waals surface area (Å²) in [4.78, 5) is 28.9. The Morgan fingerprint density at radius 1 is 1.17 bits per heavy atom. The van der Waals surface area contributed by atoms with Gasteiger partial charge in [-0.25, -0.2) is 0 Å². The average Bonchev–Trinajstić information content (AvgIpc) is 3.40. The Hall–Kier alpha value is -1.59. The Kier molecular flexibility index (Phi) is 5.41. The molecule has 2 amide bonds. The van der Waals surface area contributed by atoms with Gasteiger partial charge in [0, 0.05) is 31.2 Å². The van der Waals surface area contributed by atoms with Crippen LogP contribution in [0.4, 0.5) is 0 Å². The molecule has 5 nitrogen and oxygen atoms in total. The number of benzene rings is 1. The molecule has 2 fully saturated rings. The lowest BCUT2D eigenvalue weighted by Gasteiger charge is -2.32. The van der Waals surface area contributed by atoms with Crippen LogP contribution in [0.25, 0.3) is 0 Å². The van der Waals surface area contributed by atoms with Crippen molar-refractivity contribution >= 4 is 23.4 Å². The second-order valence-electron chi connectivity index (χ2n) is 6.77. The van der Waals surface area contributed by atoms with Gasteiger partial charge < -0.3 is 15.1 Å². The predicted molar refractivity (Wildman–Crippen MR) is 94.0 cm³/mol. The lowest BCUT2D eigenvalue weighted by Crippen LogP contribution is -2.50. The van der Waals surface area contributed by atoms with E-state index >= 15 is 0 Å². The molecule has 1 heterocycles. The van der Waals surface area contributed by atoms with Gasteiger partial charge in [-0.15, -0.1) is 0 Å². The summed E-state index contributed by atoms with van der Waals surface area (Å²) in [5.74, 6) is 0.150. The van der Waals surface area contributed by atoms with Gasteiger partial charge in [0.25, 0.3) is 0 Å². The van der Waals surface area contributed by atoms with Crippen molar-refractivity contribution in [3.8, 4) is 0 Å². The molecule has 1 saturated carbocycles. The summed E-state index contributed by atoms with van der Waals surface area (Å²) < 4.78 is 0. The monoisotopic (exact) mass is 349 g/mol. The summed E-state index contributed by atoms with van der Waals surface area (Å²) in [7, 11) is 2.05. The highest BCUT2D eigenvalue weighted by Crippen LogP contribution is 2.42. The first-order valence-electron chi connectivity index (χ1n) is 8.54. The molecule has 6 heteroatoms. The van der Waals surface area contributed by atoms with Crippen LogP contribution in [-0.2, 0) is 9.59 Å². The number of rotatable bonds is 5. The van der Waals surface area contributed by atoms with Crippen molar-refractivity contribution < 1.29 is 9.59 Å². The fraction of sp³-hybridized carbons (Fsp3) is 0.556. The van der Waals surface area contributed by atoms with E-state index in [1.165, 1.54) is 0 Å². The van der Waals surface area contributed by atoms with Gasteiger partial charge in [0.05, 0.1) is 12.5 Å². The Morgan fingerprint density at radius 2 is 1.79 bits per heavy atom. The van der Waals surface area contributed by atoms with Crippen LogP contribution in [0.15, 0.2) is 24.3 Å². The molecule has 1 aromatic rings. The maximum Gasteiger partial charge on any atom is 0.242 e. The van der Waals surface area contributed by atoms with Gasteiger partial charge in [-0.3, -0.25) is 9.59 Å². The molecule has 0 radical (unpaired) electrons. The zero-order valence-corrected chi connectivity index (χ0v) is 14.8. The number of amides is 2. The standard InChI is InChI=1S/C18H24ClN3O2/c1-21-8-10-22(11-9-21)16(23)12-20-18(24)17(13-2-3-13)14-4-6-15(19)7-5-14/h4-7,13,17H,2-3,8-12H2,1H3,(H,20,24). The molecule has 1 aliphatic carbocycles. The molecule has 1 saturated heterocycles. The Morgan fingerprint density at radius 3 is 2.38 bits per heavy atom. The van der Waals surface area contributed by atoms with Gasteiger partial charge >= 0.3 is 0 Å². The number of piperazine rings is 1. The van der Waals surface area contributed by atoms with Crippen LogP contribution in [0.2, 0.25) is 5.02 Å². The number of nitrogens with one attached hydrogen (secondary N) is 1. The van der Waals surface area contributed by atoms with E-state index in [1.54, 1.807) is 0 Å². The van der Waals surface area contributed by atoms with E-state index in [0.29, 0.717) is 10.9 Å². The number of hydrogen-bond acceptors (Lipinski definition) is 3. The molecule has 1 atom stereocenters. The molecule has 24 heavy (non-hydrogen) atoms. The van der Waals surface area contributed by atoms with Gasteiger partial charge in [0.15, 0.2) is 0 Å². The summed E-state index contributed by atoms with van der Waals surface area (Å²) >= 11 is 5.94. The summed E-state index contributed by atoms with van der Waals surface area (Å²) in [6.45, 7) is 3.31. The first-order valence-corrected chi connectivity index (χ1v) is 8.92. The highest BCUT2D eigenvalue weighted by Gasteiger charge is 2.37. The molecule has 1 aromatic carbocycles. The zero-order chi connectivity index (χ0) is 17.1. The van der Waals surface area contributed by atoms with Gasteiger partial charge in [-0.2, -0.15) is 0 Å². The zero-order valence-electron chi connectivity index (χ0n) is 14.0. The number of carbonyl (C=O) groups excluding carboxylic acids is 2. The van der Waals surface area contributed by atoms with Gasteiger partial charge in [-0.1, -0.05) is 23.7 Å². The van der Waals surface area contributed by atoms with Crippen molar-refractivity contribution in [2.45, 2.75) is 18.8 Å². The maximum absolute atomic E-state index is 12.6. The molecular weight excluding hydrogens is 326 g/mol. The topological polar surface area (TPSA) is 52.6 Å². The Bertz CT molecular complexity index is 593. The van der Waals surface area contributed by atoms with Crippen LogP contribution in [-0.4, -0.2) is 61.4 Å². The fourth-order valence-corrected chi connectivity index (χ4v) is 3.30. The molecule has 0 spiro atoms. The summed E-state index contributed by atoms with van der Waals surface area (Å²) in [6.07, 6.45) is 2.13. The van der Waals surface area contributed by atoms with Crippen LogP contribution >= 0.6 is 11.6 Å². The Balaban J connectivity index is 1.56. The number of hydrogen-bond donors (Lipinski definition) is 1. The number of halogens is 1. The third-order valence-electron chi connectivity index (χ3n) is 4.87. The van der Waals surface area contributed by atoms with Gasteiger partial charge in [-0.05, 0) is 43.5 Å². The van der Waals surface area contributed by atoms with Crippen molar-refractivity contribution in [2.75, 3.05) is 39.8 Å². The molecule has 3 rings (SSSR count). The average molecular weight is 350 g/mol. The van der Waals surface area contributed by atoms with E-state index in [4.69, 9.17) is 11.6 Å². The molecular formula is C18H24ClN3O2. The van der Waals surface area contributed by atoms with Crippen LogP contribution in [0.3, 0.4) is 0 Å². The summed E-state index contributed by atoms with van der Waals surface area (Å²) in [6, 6.07) is 7.45. The van der Waals surface area contributed by atoms with Crippen LogP contribution in [0, 0.1) is 5.92 Å². The first kappa shape index (κ1) is 17.2. The van der Waals surface area contributed by atoms with Crippen molar-refractivity contribution in [3.05, 3.63) is 34.9 Å². The van der Waals surface area contributed by atoms with Crippen LogP contribution in [0.1, 0.15) is 24.3 Å². The first-order chi connectivity index (χ1) is 11.5. The third-order valence-corrected chi connectivity index (χ3v) is 5.13. The van der Waals surface area contributed by atoms with Crippen molar-refractivity contribution in [1.82, 2.24) is 15.1 Å². The summed E-state index contributed by atoms with van der Waals surface area (Å²) in [5, 5.41) is 3.51. The minimum Gasteiger partial charge on any atom is -0.346 e. The van der Waals surface area contributed by atoms with E-state index in [0.717, 1.165) is 44.6 Å². The lowest BCUT2D eigenvalue weighted by molar-refractivity contribution is -0.134.